The van der Waals surface area contributed by atoms with E-state index in [1.165, 1.54) is 0 Å². The molecule has 4 rings (SSSR count). The maximum absolute atomic E-state index is 13.3. The molecule has 2 fully saturated rings. The van der Waals surface area contributed by atoms with Gasteiger partial charge in [0.2, 0.25) is 0 Å². The second kappa shape index (κ2) is 11.1. The van der Waals surface area contributed by atoms with Gasteiger partial charge in [-0.05, 0) is 49.6 Å². The van der Waals surface area contributed by atoms with E-state index in [-0.39, 0.29) is 11.3 Å². The van der Waals surface area contributed by atoms with E-state index in [0.29, 0.717) is 38.5 Å². The first-order valence-corrected chi connectivity index (χ1v) is 12.3. The standard InChI is InChI=1S/C28H34N2O5/c1-4-15-35-23-10-9-22(18-20(23)3)26(31)24-25(21-7-5-19(2)6-8-21)30(28(33)27(24)32)12-11-29-13-16-34-17-14-29/h5-10,18,25,31H,4,11-17H2,1-3H3/b26-24-. The molecule has 1 N–H and O–H groups in total. The number of carbonyl (C=O) groups excluding carboxylic acids is 2. The number of hydrogen-bond donors (Lipinski definition) is 1. The maximum atomic E-state index is 13.3. The lowest BCUT2D eigenvalue weighted by Gasteiger charge is -2.31. The van der Waals surface area contributed by atoms with Gasteiger partial charge in [0.1, 0.15) is 11.5 Å². The minimum absolute atomic E-state index is 0.127. The van der Waals surface area contributed by atoms with Crippen LogP contribution in [-0.4, -0.2) is 72.6 Å². The van der Waals surface area contributed by atoms with Crippen molar-refractivity contribution in [2.45, 2.75) is 33.2 Å². The smallest absolute Gasteiger partial charge is 0.295 e. The SMILES string of the molecule is CCCOc1ccc(/C(O)=C2/C(=O)C(=O)N(CCN3CCOCC3)C2c2ccc(C)cc2)cc1C. The Balaban J connectivity index is 1.71. The molecule has 7 nitrogen and oxygen atoms in total. The van der Waals surface area contributed by atoms with Crippen molar-refractivity contribution in [3.63, 3.8) is 0 Å². The van der Waals surface area contributed by atoms with Crippen LogP contribution in [0.15, 0.2) is 48.0 Å². The molecule has 0 bridgehead atoms. The number of carbonyl (C=O) groups is 2. The summed E-state index contributed by atoms with van der Waals surface area (Å²) in [6.45, 7) is 10.5. The Kier molecular flexibility index (Phi) is 7.88. The van der Waals surface area contributed by atoms with Gasteiger partial charge in [-0.1, -0.05) is 36.8 Å². The van der Waals surface area contributed by atoms with Crippen LogP contribution < -0.4 is 4.74 Å². The van der Waals surface area contributed by atoms with E-state index >= 15 is 0 Å². The van der Waals surface area contributed by atoms with Gasteiger partial charge in [0.25, 0.3) is 11.7 Å². The predicted octanol–water partition coefficient (Wildman–Crippen LogP) is 3.85. The van der Waals surface area contributed by atoms with Gasteiger partial charge in [0.05, 0.1) is 31.4 Å². The maximum Gasteiger partial charge on any atom is 0.295 e. The normalized spacial score (nSPS) is 20.4. The molecule has 2 aromatic rings. The first-order chi connectivity index (χ1) is 16.9. The minimum atomic E-state index is -0.654. The number of ether oxygens (including phenoxy) is 2. The number of likely N-dealkylation sites (tertiary alicyclic amines) is 1. The van der Waals surface area contributed by atoms with Gasteiger partial charge < -0.3 is 19.5 Å². The van der Waals surface area contributed by atoms with Crippen LogP contribution in [0.25, 0.3) is 5.76 Å². The highest BCUT2D eigenvalue weighted by atomic mass is 16.5. The lowest BCUT2D eigenvalue weighted by atomic mass is 9.94. The number of aliphatic hydroxyl groups excluding tert-OH is 1. The molecule has 2 aliphatic rings. The summed E-state index contributed by atoms with van der Waals surface area (Å²) in [6.07, 6.45) is 0.894. The lowest BCUT2D eigenvalue weighted by molar-refractivity contribution is -0.140. The zero-order valence-electron chi connectivity index (χ0n) is 20.8. The van der Waals surface area contributed by atoms with Gasteiger partial charge in [0, 0.05) is 31.7 Å². The quantitative estimate of drug-likeness (QED) is 0.353. The van der Waals surface area contributed by atoms with E-state index in [4.69, 9.17) is 9.47 Å². The first-order valence-electron chi connectivity index (χ1n) is 12.3. The molecule has 35 heavy (non-hydrogen) atoms. The largest absolute Gasteiger partial charge is 0.507 e. The number of hydrogen-bond acceptors (Lipinski definition) is 6. The third-order valence-electron chi connectivity index (χ3n) is 6.60. The number of morpholine rings is 1. The van der Waals surface area contributed by atoms with Crippen molar-refractivity contribution >= 4 is 17.4 Å². The molecule has 1 atom stereocenters. The molecule has 0 radical (unpaired) electrons. The summed E-state index contributed by atoms with van der Waals surface area (Å²) in [6, 6.07) is 12.5. The summed E-state index contributed by atoms with van der Waals surface area (Å²) in [5.74, 6) is -0.651. The lowest BCUT2D eigenvalue weighted by Crippen LogP contribution is -2.42. The molecule has 2 aromatic carbocycles. The summed E-state index contributed by atoms with van der Waals surface area (Å²) in [5.41, 5.74) is 3.36. The van der Waals surface area contributed by atoms with E-state index < -0.39 is 17.7 Å². The highest BCUT2D eigenvalue weighted by Gasteiger charge is 2.46. The average molecular weight is 479 g/mol. The van der Waals surface area contributed by atoms with Crippen LogP contribution in [0.5, 0.6) is 5.75 Å². The third-order valence-corrected chi connectivity index (χ3v) is 6.60. The van der Waals surface area contributed by atoms with Crippen LogP contribution in [0.2, 0.25) is 0 Å². The van der Waals surface area contributed by atoms with Crippen molar-refractivity contribution in [3.05, 3.63) is 70.3 Å². The van der Waals surface area contributed by atoms with Crippen molar-refractivity contribution < 1.29 is 24.2 Å². The van der Waals surface area contributed by atoms with Crippen molar-refractivity contribution in [1.29, 1.82) is 0 Å². The van der Waals surface area contributed by atoms with Crippen LogP contribution in [0.1, 0.15) is 41.6 Å². The fourth-order valence-corrected chi connectivity index (χ4v) is 4.61. The van der Waals surface area contributed by atoms with Gasteiger partial charge in [-0.2, -0.15) is 0 Å². The topological polar surface area (TPSA) is 79.3 Å². The zero-order chi connectivity index (χ0) is 24.9. The van der Waals surface area contributed by atoms with Crippen molar-refractivity contribution in [2.75, 3.05) is 46.0 Å². The van der Waals surface area contributed by atoms with Gasteiger partial charge in [-0.25, -0.2) is 0 Å². The molecule has 2 aliphatic heterocycles. The summed E-state index contributed by atoms with van der Waals surface area (Å²) in [4.78, 5) is 30.3. The zero-order valence-corrected chi connectivity index (χ0v) is 20.8. The molecule has 1 unspecified atom stereocenters. The van der Waals surface area contributed by atoms with Crippen LogP contribution in [0, 0.1) is 13.8 Å². The predicted molar refractivity (Wildman–Crippen MR) is 134 cm³/mol. The Hall–Kier alpha value is -3.16. The summed E-state index contributed by atoms with van der Waals surface area (Å²) in [5, 5.41) is 11.3. The Bertz CT molecular complexity index is 1100. The van der Waals surface area contributed by atoms with E-state index in [1.807, 2.05) is 45.0 Å². The molecular formula is C28H34N2O5. The van der Waals surface area contributed by atoms with E-state index in [2.05, 4.69) is 4.90 Å². The molecule has 7 heteroatoms. The van der Waals surface area contributed by atoms with Gasteiger partial charge >= 0.3 is 0 Å². The summed E-state index contributed by atoms with van der Waals surface area (Å²) >= 11 is 0. The molecule has 2 saturated heterocycles. The van der Waals surface area contributed by atoms with Gasteiger partial charge in [-0.3, -0.25) is 14.5 Å². The van der Waals surface area contributed by atoms with E-state index in [9.17, 15) is 14.7 Å². The Labute approximate surface area is 206 Å². The fourth-order valence-electron chi connectivity index (χ4n) is 4.61. The van der Waals surface area contributed by atoms with Crippen LogP contribution in [0.3, 0.4) is 0 Å². The number of aryl methyl sites for hydroxylation is 2. The van der Waals surface area contributed by atoms with E-state index in [1.54, 1.807) is 23.1 Å². The second-order valence-corrected chi connectivity index (χ2v) is 9.19. The van der Waals surface area contributed by atoms with Crippen molar-refractivity contribution in [2.24, 2.45) is 0 Å². The molecule has 0 saturated carbocycles. The Morgan fingerprint density at radius 2 is 1.77 bits per heavy atom. The number of rotatable bonds is 8. The number of benzene rings is 2. The van der Waals surface area contributed by atoms with Gasteiger partial charge in [-0.15, -0.1) is 0 Å². The van der Waals surface area contributed by atoms with E-state index in [0.717, 1.165) is 42.0 Å². The second-order valence-electron chi connectivity index (χ2n) is 9.19. The van der Waals surface area contributed by atoms with Crippen LogP contribution in [0.4, 0.5) is 0 Å². The molecule has 1 amide bonds. The number of nitrogens with zero attached hydrogens (tertiary/aromatic N) is 2. The highest BCUT2D eigenvalue weighted by Crippen LogP contribution is 2.39. The number of aliphatic hydroxyl groups is 1. The fraction of sp³-hybridized carbons (Fsp3) is 0.429. The Morgan fingerprint density at radius 3 is 2.43 bits per heavy atom. The Morgan fingerprint density at radius 1 is 1.06 bits per heavy atom. The third kappa shape index (κ3) is 5.41. The molecule has 2 heterocycles. The number of ketones is 1. The highest BCUT2D eigenvalue weighted by molar-refractivity contribution is 6.46. The monoisotopic (exact) mass is 478 g/mol. The minimum Gasteiger partial charge on any atom is -0.507 e. The molecular weight excluding hydrogens is 444 g/mol. The van der Waals surface area contributed by atoms with Crippen molar-refractivity contribution in [3.8, 4) is 5.75 Å². The summed E-state index contributed by atoms with van der Waals surface area (Å²) in [7, 11) is 0. The van der Waals surface area contributed by atoms with Crippen LogP contribution in [-0.2, 0) is 14.3 Å². The first kappa shape index (κ1) is 24.9. The molecule has 0 aromatic heterocycles. The molecule has 186 valence electrons. The number of amides is 1. The molecule has 0 spiro atoms. The van der Waals surface area contributed by atoms with Gasteiger partial charge in [0.15, 0.2) is 0 Å². The molecule has 0 aliphatic carbocycles. The average Bonchev–Trinajstić information content (AvgIpc) is 3.12. The number of Topliss-reactive ketones (excluding diaryl/α,β-unsaturated/α-hetero) is 1. The van der Waals surface area contributed by atoms with Crippen LogP contribution >= 0.6 is 0 Å². The summed E-state index contributed by atoms with van der Waals surface area (Å²) < 4.78 is 11.2. The van der Waals surface area contributed by atoms with Crippen molar-refractivity contribution in [1.82, 2.24) is 9.80 Å².